The molecule has 0 spiro atoms. The number of carbonyl (C=O) groups excluding carboxylic acids is 1. The van der Waals surface area contributed by atoms with Crippen molar-refractivity contribution in [2.24, 2.45) is 0 Å². The van der Waals surface area contributed by atoms with Crippen molar-refractivity contribution in [3.8, 4) is 0 Å². The number of hydrogen-bond donors (Lipinski definition) is 1. The van der Waals surface area contributed by atoms with Gasteiger partial charge in [0.2, 0.25) is 11.8 Å². The van der Waals surface area contributed by atoms with Gasteiger partial charge in [-0.15, -0.1) is 0 Å². The van der Waals surface area contributed by atoms with Crippen molar-refractivity contribution in [3.05, 3.63) is 59.6 Å². The Morgan fingerprint density at radius 1 is 1.17 bits per heavy atom. The number of aryl methyl sites for hydroxylation is 3. The molecule has 0 unspecified atom stereocenters. The van der Waals surface area contributed by atoms with E-state index in [9.17, 15) is 4.79 Å². The van der Waals surface area contributed by atoms with Crippen LogP contribution in [0.25, 0.3) is 0 Å². The highest BCUT2D eigenvalue weighted by Crippen LogP contribution is 2.28. The molecule has 30 heavy (non-hydrogen) atoms. The summed E-state index contributed by atoms with van der Waals surface area (Å²) < 4.78 is 5.08. The number of anilines is 2. The third-order valence-corrected chi connectivity index (χ3v) is 5.34. The van der Waals surface area contributed by atoms with E-state index < -0.39 is 0 Å². The predicted octanol–water partition coefficient (Wildman–Crippen LogP) is 3.56. The van der Waals surface area contributed by atoms with Gasteiger partial charge in [0, 0.05) is 43.2 Å². The molecule has 0 aliphatic carbocycles. The van der Waals surface area contributed by atoms with Gasteiger partial charge in [-0.05, 0) is 51.0 Å². The summed E-state index contributed by atoms with van der Waals surface area (Å²) in [6.07, 6.45) is 4.59. The Morgan fingerprint density at radius 3 is 2.67 bits per heavy atom. The quantitative estimate of drug-likeness (QED) is 0.668. The molecule has 1 aliphatic rings. The molecule has 1 aliphatic heterocycles. The molecule has 8 heteroatoms. The van der Waals surface area contributed by atoms with Crippen molar-refractivity contribution in [2.45, 2.75) is 45.4 Å². The summed E-state index contributed by atoms with van der Waals surface area (Å²) in [6, 6.07) is 9.99. The minimum absolute atomic E-state index is 0.141. The van der Waals surface area contributed by atoms with Crippen LogP contribution in [0.4, 0.5) is 11.5 Å². The van der Waals surface area contributed by atoms with Crippen LogP contribution in [0, 0.1) is 13.8 Å². The van der Waals surface area contributed by atoms with Gasteiger partial charge < -0.3 is 14.7 Å². The molecule has 1 saturated heterocycles. The maximum Gasteiger partial charge on any atom is 0.227 e. The molecule has 1 N–H and O–H groups in total. The second kappa shape index (κ2) is 9.02. The number of pyridine rings is 2. The van der Waals surface area contributed by atoms with Crippen LogP contribution in [0.15, 0.2) is 41.1 Å². The van der Waals surface area contributed by atoms with Crippen molar-refractivity contribution in [2.75, 3.05) is 18.4 Å². The summed E-state index contributed by atoms with van der Waals surface area (Å²) >= 11 is 0. The average Bonchev–Trinajstić information content (AvgIpc) is 3.18. The molecule has 1 amide bonds. The minimum Gasteiger partial charge on any atom is -0.343 e. The predicted molar refractivity (Wildman–Crippen MR) is 112 cm³/mol. The number of amides is 1. The standard InChI is InChI=1S/C22H26N6O2/c1-15-4-3-5-20(24-15)26-18-6-7-19(23-14-18)17-10-12-28(13-11-17)22(29)9-8-21-25-16(2)27-30-21/h3-7,14,17H,8-13H2,1-2H3,(H,24,26). The second-order valence-electron chi connectivity index (χ2n) is 7.65. The Labute approximate surface area is 175 Å². The van der Waals surface area contributed by atoms with Crippen LogP contribution in [0.1, 0.15) is 48.3 Å². The smallest absolute Gasteiger partial charge is 0.227 e. The number of nitrogens with one attached hydrogen (secondary N) is 1. The fourth-order valence-electron chi connectivity index (χ4n) is 3.72. The molecule has 0 bridgehead atoms. The summed E-state index contributed by atoms with van der Waals surface area (Å²) in [5, 5.41) is 7.04. The fraction of sp³-hybridized carbons (Fsp3) is 0.409. The largest absolute Gasteiger partial charge is 0.343 e. The second-order valence-corrected chi connectivity index (χ2v) is 7.65. The summed E-state index contributed by atoms with van der Waals surface area (Å²) in [5.41, 5.74) is 2.96. The topological polar surface area (TPSA) is 97.0 Å². The van der Waals surface area contributed by atoms with Gasteiger partial charge in [-0.25, -0.2) is 4.98 Å². The molecule has 156 valence electrons. The maximum absolute atomic E-state index is 12.5. The molecule has 8 nitrogen and oxygen atoms in total. The average molecular weight is 406 g/mol. The number of carbonyl (C=O) groups is 1. The van der Waals surface area contributed by atoms with Crippen molar-refractivity contribution < 1.29 is 9.32 Å². The highest BCUT2D eigenvalue weighted by Gasteiger charge is 2.24. The lowest BCUT2D eigenvalue weighted by molar-refractivity contribution is -0.132. The van der Waals surface area contributed by atoms with Crippen molar-refractivity contribution in [3.63, 3.8) is 0 Å². The number of rotatable bonds is 6. The molecule has 0 atom stereocenters. The van der Waals surface area contributed by atoms with Crippen LogP contribution in [0.3, 0.4) is 0 Å². The van der Waals surface area contributed by atoms with Crippen LogP contribution in [0.2, 0.25) is 0 Å². The Balaban J connectivity index is 1.26. The van der Waals surface area contributed by atoms with Crippen LogP contribution in [0.5, 0.6) is 0 Å². The molecule has 3 aromatic heterocycles. The Morgan fingerprint density at radius 2 is 2.00 bits per heavy atom. The third kappa shape index (κ3) is 5.00. The highest BCUT2D eigenvalue weighted by molar-refractivity contribution is 5.76. The molecule has 0 saturated carbocycles. The number of aromatic nitrogens is 4. The SMILES string of the molecule is Cc1cccc(Nc2ccc(C3CCN(C(=O)CCc4nc(C)no4)CC3)nc2)n1. The lowest BCUT2D eigenvalue weighted by Crippen LogP contribution is -2.38. The first-order valence-electron chi connectivity index (χ1n) is 10.3. The van der Waals surface area contributed by atoms with E-state index >= 15 is 0 Å². The van der Waals surface area contributed by atoms with Crippen LogP contribution in [-0.4, -0.2) is 44.0 Å². The molecule has 4 heterocycles. The van der Waals surface area contributed by atoms with Gasteiger partial charge in [-0.2, -0.15) is 4.98 Å². The van der Waals surface area contributed by atoms with Crippen LogP contribution in [-0.2, 0) is 11.2 Å². The summed E-state index contributed by atoms with van der Waals surface area (Å²) in [7, 11) is 0. The van der Waals surface area contributed by atoms with E-state index in [2.05, 4.69) is 31.5 Å². The van der Waals surface area contributed by atoms with Crippen molar-refractivity contribution in [1.82, 2.24) is 25.0 Å². The summed E-state index contributed by atoms with van der Waals surface area (Å²) in [5.74, 6) is 2.45. The van der Waals surface area contributed by atoms with E-state index in [0.29, 0.717) is 30.5 Å². The van der Waals surface area contributed by atoms with E-state index in [4.69, 9.17) is 4.52 Å². The van der Waals surface area contributed by atoms with E-state index in [-0.39, 0.29) is 5.91 Å². The monoisotopic (exact) mass is 406 g/mol. The highest BCUT2D eigenvalue weighted by atomic mass is 16.5. The normalized spacial score (nSPS) is 14.7. The number of piperidine rings is 1. The first-order chi connectivity index (χ1) is 14.6. The van der Waals surface area contributed by atoms with Gasteiger partial charge in [0.25, 0.3) is 0 Å². The number of likely N-dealkylation sites (tertiary alicyclic amines) is 1. The van der Waals surface area contributed by atoms with Gasteiger partial charge >= 0.3 is 0 Å². The minimum atomic E-state index is 0.141. The summed E-state index contributed by atoms with van der Waals surface area (Å²) in [6.45, 7) is 5.24. The fourth-order valence-corrected chi connectivity index (χ4v) is 3.72. The van der Waals surface area contributed by atoms with Crippen molar-refractivity contribution >= 4 is 17.4 Å². The summed E-state index contributed by atoms with van der Waals surface area (Å²) in [4.78, 5) is 27.7. The Hall–Kier alpha value is -3.29. The first kappa shape index (κ1) is 20.0. The molecular weight excluding hydrogens is 380 g/mol. The zero-order chi connectivity index (χ0) is 20.9. The van der Waals surface area contributed by atoms with E-state index in [1.807, 2.05) is 42.3 Å². The molecule has 0 aromatic carbocycles. The van der Waals surface area contributed by atoms with E-state index in [1.54, 1.807) is 6.92 Å². The first-order valence-corrected chi connectivity index (χ1v) is 10.3. The molecule has 4 rings (SSSR count). The van der Waals surface area contributed by atoms with Crippen LogP contribution >= 0.6 is 0 Å². The van der Waals surface area contributed by atoms with Gasteiger partial charge in [0.05, 0.1) is 11.9 Å². The number of hydrogen-bond acceptors (Lipinski definition) is 7. The molecule has 1 fully saturated rings. The van der Waals surface area contributed by atoms with Gasteiger partial charge in [0.15, 0.2) is 5.82 Å². The van der Waals surface area contributed by atoms with Gasteiger partial charge in [0.1, 0.15) is 5.82 Å². The van der Waals surface area contributed by atoms with Gasteiger partial charge in [-0.3, -0.25) is 9.78 Å². The van der Waals surface area contributed by atoms with Gasteiger partial charge in [-0.1, -0.05) is 11.2 Å². The third-order valence-electron chi connectivity index (χ3n) is 5.34. The molecule has 0 radical (unpaired) electrons. The van der Waals surface area contributed by atoms with Crippen LogP contribution < -0.4 is 5.32 Å². The van der Waals surface area contributed by atoms with Crippen molar-refractivity contribution in [1.29, 1.82) is 0 Å². The zero-order valence-corrected chi connectivity index (χ0v) is 17.3. The van der Waals surface area contributed by atoms with E-state index in [1.165, 1.54) is 0 Å². The Kier molecular flexibility index (Phi) is 6.02. The molecule has 3 aromatic rings. The Bertz CT molecular complexity index is 993. The lowest BCUT2D eigenvalue weighted by Gasteiger charge is -2.31. The molecular formula is C22H26N6O2. The maximum atomic E-state index is 12.5. The lowest BCUT2D eigenvalue weighted by atomic mass is 9.93. The number of nitrogens with zero attached hydrogens (tertiary/aromatic N) is 5. The van der Waals surface area contributed by atoms with E-state index in [0.717, 1.165) is 48.8 Å². The zero-order valence-electron chi connectivity index (χ0n) is 17.3.